The van der Waals surface area contributed by atoms with Gasteiger partial charge in [-0.05, 0) is 50.0 Å². The van der Waals surface area contributed by atoms with Gasteiger partial charge in [-0.2, -0.15) is 5.10 Å². The number of nitrogens with one attached hydrogen (secondary N) is 2. The van der Waals surface area contributed by atoms with Crippen molar-refractivity contribution >= 4 is 11.6 Å². The highest BCUT2D eigenvalue weighted by molar-refractivity contribution is 5.92. The maximum Gasteiger partial charge on any atom is 0.224 e. The molecule has 2 N–H and O–H groups in total. The van der Waals surface area contributed by atoms with E-state index in [-0.39, 0.29) is 5.91 Å². The van der Waals surface area contributed by atoms with Crippen molar-refractivity contribution in [3.63, 3.8) is 0 Å². The molecule has 1 aromatic carbocycles. The third kappa shape index (κ3) is 3.49. The van der Waals surface area contributed by atoms with E-state index in [0.717, 1.165) is 37.3 Å². The summed E-state index contributed by atoms with van der Waals surface area (Å²) in [5.74, 6) is 0.513. The summed E-state index contributed by atoms with van der Waals surface area (Å²) >= 11 is 0. The first-order valence-corrected chi connectivity index (χ1v) is 7.42. The number of piperidine rings is 1. The SMILES string of the molecule is O=C(CC1CCCNC1)Nc1ccccc1-n1cccn1. The molecule has 5 nitrogen and oxygen atoms in total. The van der Waals surface area contributed by atoms with Crippen molar-refractivity contribution in [3.05, 3.63) is 42.7 Å². The molecule has 0 radical (unpaired) electrons. The van der Waals surface area contributed by atoms with Crippen LogP contribution in [-0.2, 0) is 4.79 Å². The van der Waals surface area contributed by atoms with Crippen LogP contribution in [0, 0.1) is 5.92 Å². The normalized spacial score (nSPS) is 18.4. The Labute approximate surface area is 124 Å². The van der Waals surface area contributed by atoms with Gasteiger partial charge >= 0.3 is 0 Å². The minimum absolute atomic E-state index is 0.0725. The fourth-order valence-corrected chi connectivity index (χ4v) is 2.75. The number of hydrogen-bond donors (Lipinski definition) is 2. The van der Waals surface area contributed by atoms with Gasteiger partial charge in [0.05, 0.1) is 11.4 Å². The molecule has 21 heavy (non-hydrogen) atoms. The van der Waals surface area contributed by atoms with E-state index >= 15 is 0 Å². The number of carbonyl (C=O) groups is 1. The van der Waals surface area contributed by atoms with E-state index in [1.54, 1.807) is 10.9 Å². The van der Waals surface area contributed by atoms with E-state index in [9.17, 15) is 4.79 Å². The summed E-state index contributed by atoms with van der Waals surface area (Å²) in [4.78, 5) is 12.2. The first kappa shape index (κ1) is 13.8. The second-order valence-electron chi connectivity index (χ2n) is 5.43. The lowest BCUT2D eigenvalue weighted by Gasteiger charge is -2.22. The Morgan fingerprint density at radius 2 is 2.29 bits per heavy atom. The van der Waals surface area contributed by atoms with Crippen LogP contribution in [0.2, 0.25) is 0 Å². The molecule has 3 rings (SSSR count). The molecular weight excluding hydrogens is 264 g/mol. The smallest absolute Gasteiger partial charge is 0.224 e. The molecule has 1 saturated heterocycles. The molecule has 0 saturated carbocycles. The summed E-state index contributed by atoms with van der Waals surface area (Å²) in [5.41, 5.74) is 1.69. The quantitative estimate of drug-likeness (QED) is 0.905. The number of benzene rings is 1. The minimum Gasteiger partial charge on any atom is -0.324 e. The average molecular weight is 284 g/mol. The molecule has 1 aromatic heterocycles. The zero-order valence-corrected chi connectivity index (χ0v) is 12.0. The Morgan fingerprint density at radius 1 is 1.38 bits per heavy atom. The lowest BCUT2D eigenvalue weighted by molar-refractivity contribution is -0.117. The Bertz CT molecular complexity index is 588. The number of nitrogens with zero attached hydrogens (tertiary/aromatic N) is 2. The summed E-state index contributed by atoms with van der Waals surface area (Å²) in [5, 5.41) is 10.6. The van der Waals surface area contributed by atoms with Crippen molar-refractivity contribution in [1.82, 2.24) is 15.1 Å². The molecule has 2 heterocycles. The molecule has 1 unspecified atom stereocenters. The maximum absolute atomic E-state index is 12.2. The van der Waals surface area contributed by atoms with Gasteiger partial charge < -0.3 is 10.6 Å². The first-order valence-electron chi connectivity index (χ1n) is 7.42. The van der Waals surface area contributed by atoms with Crippen LogP contribution in [0.15, 0.2) is 42.7 Å². The van der Waals surface area contributed by atoms with Gasteiger partial charge in [0.25, 0.3) is 0 Å². The van der Waals surface area contributed by atoms with Crippen molar-refractivity contribution in [2.45, 2.75) is 19.3 Å². The number of aromatic nitrogens is 2. The van der Waals surface area contributed by atoms with Gasteiger partial charge in [0, 0.05) is 18.8 Å². The molecule has 1 amide bonds. The Kier molecular flexibility index (Phi) is 4.31. The Hall–Kier alpha value is -2.14. The minimum atomic E-state index is 0.0725. The van der Waals surface area contributed by atoms with Crippen LogP contribution in [0.25, 0.3) is 5.69 Å². The standard InChI is InChI=1S/C16H20N4O/c21-16(11-13-5-3-8-17-12-13)19-14-6-1-2-7-15(14)20-10-4-9-18-20/h1-2,4,6-7,9-10,13,17H,3,5,8,11-12H2,(H,19,21). The number of anilines is 1. The zero-order chi connectivity index (χ0) is 14.5. The lowest BCUT2D eigenvalue weighted by atomic mass is 9.96. The van der Waals surface area contributed by atoms with Crippen LogP contribution in [-0.4, -0.2) is 28.8 Å². The van der Waals surface area contributed by atoms with E-state index < -0.39 is 0 Å². The molecular formula is C16H20N4O. The zero-order valence-electron chi connectivity index (χ0n) is 12.0. The van der Waals surface area contributed by atoms with Crippen LogP contribution < -0.4 is 10.6 Å². The monoisotopic (exact) mass is 284 g/mol. The van der Waals surface area contributed by atoms with Crippen LogP contribution in [0.5, 0.6) is 0 Å². The van der Waals surface area contributed by atoms with Crippen molar-refractivity contribution < 1.29 is 4.79 Å². The molecule has 0 aliphatic carbocycles. The number of hydrogen-bond acceptors (Lipinski definition) is 3. The second kappa shape index (κ2) is 6.54. The first-order chi connectivity index (χ1) is 10.3. The van der Waals surface area contributed by atoms with Crippen molar-refractivity contribution in [3.8, 4) is 5.69 Å². The summed E-state index contributed by atoms with van der Waals surface area (Å²) in [6.07, 6.45) is 6.45. The summed E-state index contributed by atoms with van der Waals surface area (Å²) in [6.45, 7) is 2.01. The molecule has 1 atom stereocenters. The van der Waals surface area contributed by atoms with Crippen LogP contribution in [0.4, 0.5) is 5.69 Å². The van der Waals surface area contributed by atoms with E-state index in [1.165, 1.54) is 0 Å². The highest BCUT2D eigenvalue weighted by Crippen LogP contribution is 2.21. The third-order valence-corrected chi connectivity index (χ3v) is 3.80. The summed E-state index contributed by atoms with van der Waals surface area (Å²) < 4.78 is 1.76. The highest BCUT2D eigenvalue weighted by Gasteiger charge is 2.17. The molecule has 0 bridgehead atoms. The van der Waals surface area contributed by atoms with E-state index in [1.807, 2.05) is 36.5 Å². The maximum atomic E-state index is 12.2. The van der Waals surface area contributed by atoms with Crippen LogP contribution >= 0.6 is 0 Å². The molecule has 1 aliphatic heterocycles. The van der Waals surface area contributed by atoms with Crippen molar-refractivity contribution in [2.75, 3.05) is 18.4 Å². The van der Waals surface area contributed by atoms with E-state index in [4.69, 9.17) is 0 Å². The van der Waals surface area contributed by atoms with Gasteiger partial charge in [-0.1, -0.05) is 12.1 Å². The highest BCUT2D eigenvalue weighted by atomic mass is 16.1. The predicted octanol–water partition coefficient (Wildman–Crippen LogP) is 2.20. The van der Waals surface area contributed by atoms with E-state index in [2.05, 4.69) is 15.7 Å². The number of rotatable bonds is 4. The number of carbonyl (C=O) groups excluding carboxylic acids is 1. The number of para-hydroxylation sites is 2. The number of amides is 1. The lowest BCUT2D eigenvalue weighted by Crippen LogP contribution is -2.32. The van der Waals surface area contributed by atoms with Gasteiger partial charge in [-0.15, -0.1) is 0 Å². The average Bonchev–Trinajstić information content (AvgIpc) is 3.03. The molecule has 0 spiro atoms. The molecule has 1 fully saturated rings. The largest absolute Gasteiger partial charge is 0.324 e. The molecule has 110 valence electrons. The fourth-order valence-electron chi connectivity index (χ4n) is 2.75. The van der Waals surface area contributed by atoms with Gasteiger partial charge in [-0.25, -0.2) is 4.68 Å². The second-order valence-corrected chi connectivity index (χ2v) is 5.43. The van der Waals surface area contributed by atoms with Gasteiger partial charge in [0.15, 0.2) is 0 Å². The van der Waals surface area contributed by atoms with Crippen molar-refractivity contribution in [1.29, 1.82) is 0 Å². The topological polar surface area (TPSA) is 59.0 Å². The van der Waals surface area contributed by atoms with Crippen molar-refractivity contribution in [2.24, 2.45) is 5.92 Å². The Morgan fingerprint density at radius 3 is 3.05 bits per heavy atom. The summed E-state index contributed by atoms with van der Waals surface area (Å²) in [7, 11) is 0. The van der Waals surface area contributed by atoms with Gasteiger partial charge in [-0.3, -0.25) is 4.79 Å². The van der Waals surface area contributed by atoms with Gasteiger partial charge in [0.1, 0.15) is 0 Å². The molecule has 2 aromatic rings. The van der Waals surface area contributed by atoms with E-state index in [0.29, 0.717) is 12.3 Å². The summed E-state index contributed by atoms with van der Waals surface area (Å²) in [6, 6.07) is 9.59. The third-order valence-electron chi connectivity index (χ3n) is 3.80. The van der Waals surface area contributed by atoms with Crippen LogP contribution in [0.3, 0.4) is 0 Å². The predicted molar refractivity (Wildman–Crippen MR) is 82.4 cm³/mol. The van der Waals surface area contributed by atoms with Crippen LogP contribution in [0.1, 0.15) is 19.3 Å². The molecule has 1 aliphatic rings. The molecule has 5 heteroatoms. The van der Waals surface area contributed by atoms with Gasteiger partial charge in [0.2, 0.25) is 5.91 Å². The Balaban J connectivity index is 1.68. The fraction of sp³-hybridized carbons (Fsp3) is 0.375.